The van der Waals surface area contributed by atoms with Crippen molar-refractivity contribution in [1.82, 2.24) is 5.32 Å². The van der Waals surface area contributed by atoms with Crippen molar-refractivity contribution in [2.75, 3.05) is 32.9 Å². The highest BCUT2D eigenvalue weighted by Crippen LogP contribution is 2.07. The Hall–Kier alpha value is -1.30. The fourth-order valence-corrected chi connectivity index (χ4v) is 1.45. The molecule has 0 aliphatic heterocycles. The molecule has 1 aromatic carbocycles. The molecule has 0 aliphatic carbocycles. The smallest absolute Gasteiger partial charge is 0.246 e. The summed E-state index contributed by atoms with van der Waals surface area (Å²) in [6.07, 6.45) is 1.82. The first-order valence-corrected chi connectivity index (χ1v) is 6.55. The maximum atomic E-state index is 11.3. The Balaban J connectivity index is 0.00000361. The average Bonchev–Trinajstić information content (AvgIpc) is 2.44. The van der Waals surface area contributed by atoms with Crippen LogP contribution in [0.4, 0.5) is 0 Å². The minimum absolute atomic E-state index is 0. The number of halogens is 1. The van der Waals surface area contributed by atoms with E-state index in [9.17, 15) is 4.79 Å². The summed E-state index contributed by atoms with van der Waals surface area (Å²) >= 11 is 0. The number of benzene rings is 1. The van der Waals surface area contributed by atoms with Gasteiger partial charge in [0.15, 0.2) is 0 Å². The number of nitrogens with two attached hydrogens (primary N) is 1. The SMILES string of the molecule is Cl.NCCCCNC(=O)COCCOc1ccccc1. The van der Waals surface area contributed by atoms with Crippen molar-refractivity contribution >= 4 is 18.3 Å². The zero-order chi connectivity index (χ0) is 13.8. The number of ether oxygens (including phenoxy) is 2. The van der Waals surface area contributed by atoms with E-state index in [0.717, 1.165) is 18.6 Å². The van der Waals surface area contributed by atoms with E-state index in [2.05, 4.69) is 5.32 Å². The van der Waals surface area contributed by atoms with Crippen LogP contribution < -0.4 is 15.8 Å². The average molecular weight is 303 g/mol. The van der Waals surface area contributed by atoms with E-state index in [1.807, 2.05) is 30.3 Å². The number of amides is 1. The standard InChI is InChI=1S/C14H22N2O3.ClH/c15-8-4-5-9-16-14(17)12-18-10-11-19-13-6-2-1-3-7-13;/h1-3,6-7H,4-5,8-12,15H2,(H,16,17);1H. The first kappa shape index (κ1) is 18.7. The van der Waals surface area contributed by atoms with Crippen molar-refractivity contribution in [3.63, 3.8) is 0 Å². The molecule has 5 nitrogen and oxygen atoms in total. The van der Waals surface area contributed by atoms with Gasteiger partial charge < -0.3 is 20.5 Å². The number of unbranched alkanes of at least 4 members (excludes halogenated alkanes) is 1. The highest BCUT2D eigenvalue weighted by molar-refractivity contribution is 5.85. The van der Waals surface area contributed by atoms with Crippen molar-refractivity contribution in [3.05, 3.63) is 30.3 Å². The van der Waals surface area contributed by atoms with Gasteiger partial charge in [0.2, 0.25) is 5.91 Å². The van der Waals surface area contributed by atoms with Gasteiger partial charge in [0.1, 0.15) is 19.0 Å². The molecule has 0 unspecified atom stereocenters. The van der Waals surface area contributed by atoms with Crippen LogP contribution in [0.15, 0.2) is 30.3 Å². The minimum atomic E-state index is -0.100. The monoisotopic (exact) mass is 302 g/mol. The van der Waals surface area contributed by atoms with Crippen molar-refractivity contribution in [2.45, 2.75) is 12.8 Å². The normalized spacial score (nSPS) is 9.65. The van der Waals surface area contributed by atoms with Crippen molar-refractivity contribution in [1.29, 1.82) is 0 Å². The number of nitrogens with one attached hydrogen (secondary N) is 1. The van der Waals surface area contributed by atoms with Crippen LogP contribution in [0, 0.1) is 0 Å². The Kier molecular flexibility index (Phi) is 11.9. The van der Waals surface area contributed by atoms with Gasteiger partial charge in [-0.05, 0) is 31.5 Å². The second kappa shape index (κ2) is 12.7. The molecule has 0 aromatic heterocycles. The lowest BCUT2D eigenvalue weighted by molar-refractivity contribution is -0.125. The summed E-state index contributed by atoms with van der Waals surface area (Å²) in [7, 11) is 0. The molecule has 0 atom stereocenters. The van der Waals surface area contributed by atoms with Crippen LogP contribution in [-0.4, -0.2) is 38.8 Å². The van der Waals surface area contributed by atoms with Crippen LogP contribution >= 0.6 is 12.4 Å². The van der Waals surface area contributed by atoms with Crippen molar-refractivity contribution < 1.29 is 14.3 Å². The molecular weight excluding hydrogens is 280 g/mol. The summed E-state index contributed by atoms with van der Waals surface area (Å²) in [6, 6.07) is 9.50. The van der Waals surface area contributed by atoms with E-state index < -0.39 is 0 Å². The Bertz CT molecular complexity index is 350. The maximum absolute atomic E-state index is 11.3. The molecule has 0 saturated heterocycles. The van der Waals surface area contributed by atoms with Gasteiger partial charge in [-0.25, -0.2) is 0 Å². The van der Waals surface area contributed by atoms with Crippen molar-refractivity contribution in [2.24, 2.45) is 5.73 Å². The van der Waals surface area contributed by atoms with Crippen LogP contribution in [0.5, 0.6) is 5.75 Å². The van der Waals surface area contributed by atoms with Gasteiger partial charge in [-0.15, -0.1) is 12.4 Å². The zero-order valence-electron chi connectivity index (χ0n) is 11.5. The van der Waals surface area contributed by atoms with Gasteiger partial charge in [0.05, 0.1) is 6.61 Å². The number of para-hydroxylation sites is 1. The van der Waals surface area contributed by atoms with E-state index in [-0.39, 0.29) is 24.9 Å². The number of rotatable bonds is 10. The van der Waals surface area contributed by atoms with Crippen LogP contribution in [-0.2, 0) is 9.53 Å². The number of carbonyl (C=O) groups excluding carboxylic acids is 1. The van der Waals surface area contributed by atoms with Gasteiger partial charge in [-0.2, -0.15) is 0 Å². The largest absolute Gasteiger partial charge is 0.491 e. The molecule has 0 fully saturated rings. The number of carbonyl (C=O) groups is 1. The van der Waals surface area contributed by atoms with E-state index in [1.165, 1.54) is 0 Å². The summed E-state index contributed by atoms with van der Waals surface area (Å²) in [5.74, 6) is 0.703. The predicted octanol–water partition coefficient (Wildman–Crippen LogP) is 1.36. The second-order valence-corrected chi connectivity index (χ2v) is 4.06. The molecule has 114 valence electrons. The first-order chi connectivity index (χ1) is 9.33. The van der Waals surface area contributed by atoms with Crippen LogP contribution in [0.3, 0.4) is 0 Å². The van der Waals surface area contributed by atoms with Gasteiger partial charge in [-0.1, -0.05) is 18.2 Å². The predicted molar refractivity (Wildman–Crippen MR) is 81.3 cm³/mol. The lowest BCUT2D eigenvalue weighted by Gasteiger charge is -2.07. The highest BCUT2D eigenvalue weighted by Gasteiger charge is 2.00. The Morgan fingerprint density at radius 2 is 1.90 bits per heavy atom. The molecule has 3 N–H and O–H groups in total. The second-order valence-electron chi connectivity index (χ2n) is 4.06. The van der Waals surface area contributed by atoms with E-state index in [4.69, 9.17) is 15.2 Å². The summed E-state index contributed by atoms with van der Waals surface area (Å²) in [6.45, 7) is 2.21. The zero-order valence-corrected chi connectivity index (χ0v) is 12.4. The quantitative estimate of drug-likeness (QED) is 0.640. The van der Waals surface area contributed by atoms with Crippen molar-refractivity contribution in [3.8, 4) is 5.75 Å². The fraction of sp³-hybridized carbons (Fsp3) is 0.500. The molecule has 6 heteroatoms. The third-order valence-electron chi connectivity index (χ3n) is 2.43. The summed E-state index contributed by atoms with van der Waals surface area (Å²) in [5.41, 5.74) is 5.36. The minimum Gasteiger partial charge on any atom is -0.491 e. The molecule has 0 saturated carbocycles. The summed E-state index contributed by atoms with van der Waals surface area (Å²) < 4.78 is 10.6. The Morgan fingerprint density at radius 1 is 1.15 bits per heavy atom. The lowest BCUT2D eigenvalue weighted by Crippen LogP contribution is -2.29. The Morgan fingerprint density at radius 3 is 2.60 bits per heavy atom. The summed E-state index contributed by atoms with van der Waals surface area (Å²) in [4.78, 5) is 11.3. The van der Waals surface area contributed by atoms with Crippen LogP contribution in [0.25, 0.3) is 0 Å². The first-order valence-electron chi connectivity index (χ1n) is 6.55. The molecule has 0 bridgehead atoms. The van der Waals surface area contributed by atoms with Gasteiger partial charge in [-0.3, -0.25) is 4.79 Å². The molecule has 1 rings (SSSR count). The number of hydrogen-bond acceptors (Lipinski definition) is 4. The highest BCUT2D eigenvalue weighted by atomic mass is 35.5. The third-order valence-corrected chi connectivity index (χ3v) is 2.43. The molecular formula is C14H23ClN2O3. The van der Waals surface area contributed by atoms with Gasteiger partial charge >= 0.3 is 0 Å². The van der Waals surface area contributed by atoms with E-state index in [1.54, 1.807) is 0 Å². The molecule has 0 radical (unpaired) electrons. The molecule has 1 amide bonds. The fourth-order valence-electron chi connectivity index (χ4n) is 1.45. The third kappa shape index (κ3) is 9.61. The van der Waals surface area contributed by atoms with E-state index in [0.29, 0.717) is 26.3 Å². The molecule has 1 aromatic rings. The molecule has 0 heterocycles. The maximum Gasteiger partial charge on any atom is 0.246 e. The van der Waals surface area contributed by atoms with Crippen LogP contribution in [0.2, 0.25) is 0 Å². The lowest BCUT2D eigenvalue weighted by atomic mass is 10.3. The van der Waals surface area contributed by atoms with Crippen LogP contribution in [0.1, 0.15) is 12.8 Å². The summed E-state index contributed by atoms with van der Waals surface area (Å²) in [5, 5.41) is 2.77. The van der Waals surface area contributed by atoms with E-state index >= 15 is 0 Å². The Labute approximate surface area is 126 Å². The topological polar surface area (TPSA) is 73.6 Å². The molecule has 20 heavy (non-hydrogen) atoms. The van der Waals surface area contributed by atoms with Gasteiger partial charge in [0.25, 0.3) is 0 Å². The molecule has 0 aliphatic rings. The number of hydrogen-bond donors (Lipinski definition) is 2. The van der Waals surface area contributed by atoms with Gasteiger partial charge in [0, 0.05) is 6.54 Å². The molecule has 0 spiro atoms.